The Morgan fingerprint density at radius 2 is 2.04 bits per heavy atom. The van der Waals surface area contributed by atoms with Crippen LogP contribution in [-0.4, -0.2) is 51.1 Å². The van der Waals surface area contributed by atoms with Gasteiger partial charge in [0, 0.05) is 37.2 Å². The van der Waals surface area contributed by atoms with E-state index in [1.807, 2.05) is 0 Å². The van der Waals surface area contributed by atoms with E-state index >= 15 is 0 Å². The zero-order valence-electron chi connectivity index (χ0n) is 13.1. The number of carboxylic acid groups (broad SMARTS) is 1. The molecule has 1 aromatic carbocycles. The van der Waals surface area contributed by atoms with Crippen LogP contribution in [0, 0.1) is 5.82 Å². The zero-order chi connectivity index (χ0) is 17.8. The first kappa shape index (κ1) is 16.6. The van der Waals surface area contributed by atoms with Crippen LogP contribution in [0.2, 0.25) is 0 Å². The van der Waals surface area contributed by atoms with Crippen LogP contribution in [0.15, 0.2) is 36.7 Å². The minimum Gasteiger partial charge on any atom is -0.465 e. The number of carbonyl (C=O) groups is 2. The number of anilines is 2. The standard InChI is InChI=1S/C16H16FN5O3/c17-13-8-10(21-15-18-5-1-6-19-15)2-3-12(13)14(23)20-11-4-7-22(9-11)16(24)25/h1-3,5-6,8,11H,4,7,9H2,(H,20,23)(H,24,25)(H,18,19,21)/t11-/m1/s1. The highest BCUT2D eigenvalue weighted by Gasteiger charge is 2.27. The smallest absolute Gasteiger partial charge is 0.407 e. The van der Waals surface area contributed by atoms with Gasteiger partial charge < -0.3 is 20.6 Å². The maximum absolute atomic E-state index is 14.2. The molecule has 3 rings (SSSR count). The first-order valence-electron chi connectivity index (χ1n) is 7.65. The number of rotatable bonds is 4. The second-order valence-electron chi connectivity index (χ2n) is 5.58. The highest BCUT2D eigenvalue weighted by molar-refractivity contribution is 5.95. The van der Waals surface area contributed by atoms with E-state index in [9.17, 15) is 14.0 Å². The van der Waals surface area contributed by atoms with Crippen molar-refractivity contribution in [3.05, 3.63) is 48.0 Å². The average molecular weight is 345 g/mol. The molecule has 0 aliphatic carbocycles. The molecule has 8 nitrogen and oxygen atoms in total. The summed E-state index contributed by atoms with van der Waals surface area (Å²) in [6, 6.07) is 5.43. The number of amides is 2. The third-order valence-electron chi connectivity index (χ3n) is 3.83. The van der Waals surface area contributed by atoms with E-state index in [0.29, 0.717) is 24.6 Å². The summed E-state index contributed by atoms with van der Waals surface area (Å²) in [7, 11) is 0. The largest absolute Gasteiger partial charge is 0.465 e. The second-order valence-corrected chi connectivity index (χ2v) is 5.58. The lowest BCUT2D eigenvalue weighted by molar-refractivity contribution is 0.0931. The number of aromatic nitrogens is 2. The Bertz CT molecular complexity index is 787. The minimum absolute atomic E-state index is 0.103. The lowest BCUT2D eigenvalue weighted by Gasteiger charge is -2.14. The number of benzene rings is 1. The monoisotopic (exact) mass is 345 g/mol. The second kappa shape index (κ2) is 7.12. The molecule has 2 amide bonds. The molecule has 1 atom stereocenters. The molecule has 1 fully saturated rings. The van der Waals surface area contributed by atoms with Crippen molar-refractivity contribution in [1.82, 2.24) is 20.2 Å². The van der Waals surface area contributed by atoms with Gasteiger partial charge in [0.2, 0.25) is 5.95 Å². The third kappa shape index (κ3) is 4.00. The Hall–Kier alpha value is -3.23. The Kier molecular flexibility index (Phi) is 4.73. The zero-order valence-corrected chi connectivity index (χ0v) is 13.1. The van der Waals surface area contributed by atoms with Crippen molar-refractivity contribution < 1.29 is 19.1 Å². The van der Waals surface area contributed by atoms with Crippen LogP contribution < -0.4 is 10.6 Å². The van der Waals surface area contributed by atoms with Crippen molar-refractivity contribution in [2.75, 3.05) is 18.4 Å². The molecule has 25 heavy (non-hydrogen) atoms. The van der Waals surface area contributed by atoms with Gasteiger partial charge in [0.15, 0.2) is 0 Å². The van der Waals surface area contributed by atoms with Gasteiger partial charge in [-0.15, -0.1) is 0 Å². The Balaban J connectivity index is 1.64. The fourth-order valence-electron chi connectivity index (χ4n) is 2.58. The molecule has 3 N–H and O–H groups in total. The summed E-state index contributed by atoms with van der Waals surface area (Å²) in [6.07, 6.45) is 2.58. The summed E-state index contributed by atoms with van der Waals surface area (Å²) in [5, 5.41) is 14.4. The van der Waals surface area contributed by atoms with Crippen LogP contribution in [-0.2, 0) is 0 Å². The van der Waals surface area contributed by atoms with Gasteiger partial charge in [-0.1, -0.05) is 0 Å². The maximum Gasteiger partial charge on any atom is 0.407 e. The summed E-state index contributed by atoms with van der Waals surface area (Å²) >= 11 is 0. The van der Waals surface area contributed by atoms with Crippen molar-refractivity contribution >= 4 is 23.6 Å². The SMILES string of the molecule is O=C(N[C@@H]1CCN(C(=O)O)C1)c1ccc(Nc2ncccn2)cc1F. The summed E-state index contributed by atoms with van der Waals surface area (Å²) in [5.74, 6) is -0.942. The van der Waals surface area contributed by atoms with E-state index < -0.39 is 17.8 Å². The van der Waals surface area contributed by atoms with Gasteiger partial charge >= 0.3 is 6.09 Å². The molecule has 2 heterocycles. The number of nitrogens with zero attached hydrogens (tertiary/aromatic N) is 3. The Morgan fingerprint density at radius 1 is 1.28 bits per heavy atom. The van der Waals surface area contributed by atoms with Gasteiger partial charge in [0.1, 0.15) is 5.82 Å². The van der Waals surface area contributed by atoms with Crippen molar-refractivity contribution in [3.8, 4) is 0 Å². The van der Waals surface area contributed by atoms with Gasteiger partial charge in [-0.05, 0) is 30.7 Å². The van der Waals surface area contributed by atoms with Crippen molar-refractivity contribution in [2.24, 2.45) is 0 Å². The van der Waals surface area contributed by atoms with Crippen LogP contribution in [0.1, 0.15) is 16.8 Å². The molecule has 1 aliphatic rings. The van der Waals surface area contributed by atoms with Crippen molar-refractivity contribution in [1.29, 1.82) is 0 Å². The molecular weight excluding hydrogens is 329 g/mol. The fraction of sp³-hybridized carbons (Fsp3) is 0.250. The first-order valence-corrected chi connectivity index (χ1v) is 7.65. The molecule has 0 bridgehead atoms. The lowest BCUT2D eigenvalue weighted by atomic mass is 10.1. The summed E-state index contributed by atoms with van der Waals surface area (Å²) < 4.78 is 14.2. The molecule has 1 aliphatic heterocycles. The quantitative estimate of drug-likeness (QED) is 0.780. The van der Waals surface area contributed by atoms with Crippen LogP contribution >= 0.6 is 0 Å². The molecule has 130 valence electrons. The molecule has 2 aromatic rings. The maximum atomic E-state index is 14.2. The van der Waals surface area contributed by atoms with Gasteiger partial charge in [-0.2, -0.15) is 0 Å². The summed E-state index contributed by atoms with van der Waals surface area (Å²) in [5.41, 5.74) is 0.312. The minimum atomic E-state index is -1.03. The lowest BCUT2D eigenvalue weighted by Crippen LogP contribution is -2.38. The number of hydrogen-bond acceptors (Lipinski definition) is 5. The van der Waals surface area contributed by atoms with E-state index in [1.54, 1.807) is 24.5 Å². The van der Waals surface area contributed by atoms with Crippen molar-refractivity contribution in [2.45, 2.75) is 12.5 Å². The predicted molar refractivity (Wildman–Crippen MR) is 87.2 cm³/mol. The molecule has 1 aromatic heterocycles. The molecule has 0 spiro atoms. The number of halogens is 1. The van der Waals surface area contributed by atoms with Gasteiger partial charge in [-0.3, -0.25) is 4.79 Å². The number of likely N-dealkylation sites (tertiary alicyclic amines) is 1. The molecule has 0 radical (unpaired) electrons. The normalized spacial score (nSPS) is 16.5. The Labute approximate surface area is 142 Å². The molecule has 9 heteroatoms. The predicted octanol–water partition coefficient (Wildman–Crippen LogP) is 1.84. The van der Waals surface area contributed by atoms with Crippen LogP contribution in [0.25, 0.3) is 0 Å². The van der Waals surface area contributed by atoms with E-state index in [0.717, 1.165) is 0 Å². The summed E-state index contributed by atoms with van der Waals surface area (Å²) in [4.78, 5) is 32.3. The van der Waals surface area contributed by atoms with Gasteiger partial charge in [0.25, 0.3) is 5.91 Å². The molecular formula is C16H16FN5O3. The highest BCUT2D eigenvalue weighted by Crippen LogP contribution is 2.18. The number of hydrogen-bond donors (Lipinski definition) is 3. The molecule has 0 unspecified atom stereocenters. The van der Waals surface area contributed by atoms with E-state index in [-0.39, 0.29) is 18.2 Å². The van der Waals surface area contributed by atoms with E-state index in [4.69, 9.17) is 5.11 Å². The third-order valence-corrected chi connectivity index (χ3v) is 3.83. The van der Waals surface area contributed by atoms with Crippen molar-refractivity contribution in [3.63, 3.8) is 0 Å². The van der Waals surface area contributed by atoms with Crippen LogP contribution in [0.5, 0.6) is 0 Å². The topological polar surface area (TPSA) is 107 Å². The Morgan fingerprint density at radius 3 is 2.68 bits per heavy atom. The number of nitrogens with one attached hydrogen (secondary N) is 2. The first-order chi connectivity index (χ1) is 12.0. The highest BCUT2D eigenvalue weighted by atomic mass is 19.1. The number of carbonyl (C=O) groups excluding carboxylic acids is 1. The summed E-state index contributed by atoms with van der Waals surface area (Å²) in [6.45, 7) is 0.552. The molecule has 1 saturated heterocycles. The molecule has 0 saturated carbocycles. The van der Waals surface area contributed by atoms with Gasteiger partial charge in [-0.25, -0.2) is 19.2 Å². The van der Waals surface area contributed by atoms with Crippen LogP contribution in [0.3, 0.4) is 0 Å². The average Bonchev–Trinajstić information content (AvgIpc) is 3.04. The van der Waals surface area contributed by atoms with E-state index in [2.05, 4.69) is 20.6 Å². The van der Waals surface area contributed by atoms with Gasteiger partial charge in [0.05, 0.1) is 5.56 Å². The fourth-order valence-corrected chi connectivity index (χ4v) is 2.58. The van der Waals surface area contributed by atoms with Crippen LogP contribution in [0.4, 0.5) is 20.8 Å². The van der Waals surface area contributed by atoms with E-state index in [1.165, 1.54) is 17.0 Å².